The van der Waals surface area contributed by atoms with Crippen molar-refractivity contribution in [3.63, 3.8) is 0 Å². The van der Waals surface area contributed by atoms with Crippen molar-refractivity contribution in [3.8, 4) is 6.07 Å². The van der Waals surface area contributed by atoms with Crippen molar-refractivity contribution in [2.45, 2.75) is 6.92 Å². The maximum atomic E-state index is 8.96. The van der Waals surface area contributed by atoms with E-state index in [0.717, 1.165) is 5.56 Å². The highest BCUT2D eigenvalue weighted by Crippen LogP contribution is 2.23. The molecule has 0 unspecified atom stereocenters. The van der Waals surface area contributed by atoms with Crippen LogP contribution in [0.25, 0.3) is 21.4 Å². The Hall–Kier alpha value is -3.73. The van der Waals surface area contributed by atoms with Crippen molar-refractivity contribution in [2.24, 2.45) is 5.11 Å². The standard InChI is InChI=1S/C17H11N5O/c1-12-9-14(17(11-18)20-2)10-16(23-12)8-5-13-3-6-15(7-4-13)21-22-19/h3-10H,1H3. The van der Waals surface area contributed by atoms with Crippen LogP contribution in [0.2, 0.25) is 0 Å². The van der Waals surface area contributed by atoms with Crippen LogP contribution in [0, 0.1) is 17.9 Å². The van der Waals surface area contributed by atoms with E-state index >= 15 is 0 Å². The summed E-state index contributed by atoms with van der Waals surface area (Å²) < 4.78 is 5.56. The van der Waals surface area contributed by atoms with E-state index in [-0.39, 0.29) is 5.70 Å². The third-order valence-corrected chi connectivity index (χ3v) is 2.92. The Kier molecular flexibility index (Phi) is 4.99. The molecule has 23 heavy (non-hydrogen) atoms. The first kappa shape index (κ1) is 15.7. The summed E-state index contributed by atoms with van der Waals surface area (Å²) in [5, 5.41) is 12.5. The van der Waals surface area contributed by atoms with Crippen molar-refractivity contribution in [1.82, 2.24) is 0 Å². The lowest BCUT2D eigenvalue weighted by Gasteiger charge is -2.13. The Morgan fingerprint density at radius 1 is 1.30 bits per heavy atom. The zero-order chi connectivity index (χ0) is 16.7. The molecule has 6 heteroatoms. The van der Waals surface area contributed by atoms with Gasteiger partial charge in [0.05, 0.1) is 12.6 Å². The molecule has 0 fully saturated rings. The van der Waals surface area contributed by atoms with E-state index in [1.165, 1.54) is 0 Å². The Morgan fingerprint density at radius 2 is 2.04 bits per heavy atom. The van der Waals surface area contributed by atoms with Crippen LogP contribution in [0.4, 0.5) is 5.69 Å². The number of hydrogen-bond acceptors (Lipinski definition) is 3. The van der Waals surface area contributed by atoms with Crippen LogP contribution in [0.1, 0.15) is 12.5 Å². The maximum Gasteiger partial charge on any atom is 0.269 e. The average molecular weight is 301 g/mol. The molecule has 6 nitrogen and oxygen atoms in total. The second-order valence-corrected chi connectivity index (χ2v) is 4.55. The van der Waals surface area contributed by atoms with E-state index in [2.05, 4.69) is 14.9 Å². The van der Waals surface area contributed by atoms with Crippen LogP contribution in [0.3, 0.4) is 0 Å². The highest BCUT2D eigenvalue weighted by atomic mass is 16.5. The lowest BCUT2D eigenvalue weighted by molar-refractivity contribution is 0.318. The van der Waals surface area contributed by atoms with Crippen LogP contribution in [-0.4, -0.2) is 0 Å². The predicted octanol–water partition coefficient (Wildman–Crippen LogP) is 5.16. The van der Waals surface area contributed by atoms with Crippen LogP contribution >= 0.6 is 0 Å². The number of ether oxygens (including phenoxy) is 1. The Labute approximate surface area is 133 Å². The molecule has 0 aliphatic carbocycles. The number of rotatable bonds is 3. The molecule has 1 aromatic rings. The molecule has 1 aliphatic rings. The molecule has 110 valence electrons. The molecule has 0 bridgehead atoms. The third-order valence-electron chi connectivity index (χ3n) is 2.92. The number of benzene rings is 1. The van der Waals surface area contributed by atoms with E-state index in [1.54, 1.807) is 37.3 Å². The number of azide groups is 1. The molecule has 0 aromatic heterocycles. The number of nitrogens with zero attached hydrogens (tertiary/aromatic N) is 5. The third kappa shape index (κ3) is 4.12. The SMILES string of the molecule is [C-]#[N+]C(C#N)=C1C=C(C)OC(C=Cc2ccc(N=[N+]=[N-])cc2)=C1. The van der Waals surface area contributed by atoms with Gasteiger partial charge < -0.3 is 4.74 Å². The summed E-state index contributed by atoms with van der Waals surface area (Å²) in [7, 11) is 0. The van der Waals surface area contributed by atoms with E-state index in [9.17, 15) is 0 Å². The van der Waals surface area contributed by atoms with Gasteiger partial charge in [-0.2, -0.15) is 0 Å². The van der Waals surface area contributed by atoms with Gasteiger partial charge in [-0.25, -0.2) is 10.1 Å². The molecule has 0 radical (unpaired) electrons. The fourth-order valence-corrected chi connectivity index (χ4v) is 1.91. The van der Waals surface area contributed by atoms with Gasteiger partial charge in [-0.05, 0) is 41.8 Å². The lowest BCUT2D eigenvalue weighted by Crippen LogP contribution is -1.96. The fraction of sp³-hybridized carbons (Fsp3) is 0.0588. The van der Waals surface area contributed by atoms with Gasteiger partial charge >= 0.3 is 0 Å². The van der Waals surface area contributed by atoms with Crippen LogP contribution < -0.4 is 0 Å². The van der Waals surface area contributed by atoms with Crippen LogP contribution in [0.5, 0.6) is 0 Å². The van der Waals surface area contributed by atoms with E-state index < -0.39 is 0 Å². The van der Waals surface area contributed by atoms with E-state index in [4.69, 9.17) is 22.1 Å². The minimum atomic E-state index is 0.0252. The summed E-state index contributed by atoms with van der Waals surface area (Å²) in [6, 6.07) is 8.90. The van der Waals surface area contributed by atoms with Gasteiger partial charge in [0.2, 0.25) is 0 Å². The average Bonchev–Trinajstić information content (AvgIpc) is 2.55. The molecule has 0 saturated heterocycles. The summed E-state index contributed by atoms with van der Waals surface area (Å²) in [5.74, 6) is 1.15. The highest BCUT2D eigenvalue weighted by Gasteiger charge is 2.10. The first-order chi connectivity index (χ1) is 11.2. The molecule has 1 heterocycles. The van der Waals surface area contributed by atoms with Crippen molar-refractivity contribution >= 4 is 11.8 Å². The Balaban J connectivity index is 2.26. The molecule has 0 N–H and O–H groups in total. The zero-order valence-electron chi connectivity index (χ0n) is 12.3. The number of hydrogen-bond donors (Lipinski definition) is 0. The summed E-state index contributed by atoms with van der Waals surface area (Å²) in [6.45, 7) is 8.77. The normalized spacial score (nSPS) is 15.4. The van der Waals surface area contributed by atoms with Crippen molar-refractivity contribution in [3.05, 3.63) is 92.7 Å². The Bertz CT molecular complexity index is 851. The minimum Gasteiger partial charge on any atom is -0.462 e. The second kappa shape index (κ2) is 7.33. The van der Waals surface area contributed by atoms with Crippen molar-refractivity contribution in [2.75, 3.05) is 0 Å². The van der Waals surface area contributed by atoms with Gasteiger partial charge in [0.1, 0.15) is 11.5 Å². The predicted molar refractivity (Wildman–Crippen MR) is 86.4 cm³/mol. The summed E-state index contributed by atoms with van der Waals surface area (Å²) in [4.78, 5) is 5.92. The molecular weight excluding hydrogens is 290 g/mol. The minimum absolute atomic E-state index is 0.0252. The summed E-state index contributed by atoms with van der Waals surface area (Å²) in [5.41, 5.74) is 10.4. The topological polar surface area (TPSA) is 86.1 Å². The quantitative estimate of drug-likeness (QED) is 0.254. The first-order valence-electron chi connectivity index (χ1n) is 6.59. The van der Waals surface area contributed by atoms with Crippen LogP contribution in [0.15, 0.2) is 70.4 Å². The molecule has 0 saturated carbocycles. The monoisotopic (exact) mass is 301 g/mol. The fourth-order valence-electron chi connectivity index (χ4n) is 1.91. The van der Waals surface area contributed by atoms with Crippen molar-refractivity contribution in [1.29, 1.82) is 5.26 Å². The van der Waals surface area contributed by atoms with Crippen LogP contribution in [-0.2, 0) is 4.74 Å². The molecule has 0 atom stereocenters. The maximum absolute atomic E-state index is 8.96. The van der Waals surface area contributed by atoms with Crippen molar-refractivity contribution < 1.29 is 4.74 Å². The highest BCUT2D eigenvalue weighted by molar-refractivity contribution is 5.57. The van der Waals surface area contributed by atoms with E-state index in [0.29, 0.717) is 22.8 Å². The molecule has 1 aliphatic heterocycles. The molecule has 0 spiro atoms. The largest absolute Gasteiger partial charge is 0.462 e. The summed E-state index contributed by atoms with van der Waals surface area (Å²) >= 11 is 0. The van der Waals surface area contributed by atoms with E-state index in [1.807, 2.05) is 24.3 Å². The summed E-state index contributed by atoms with van der Waals surface area (Å²) in [6.07, 6.45) is 6.88. The van der Waals surface area contributed by atoms with Gasteiger partial charge in [0.15, 0.2) is 0 Å². The molecule has 1 aromatic carbocycles. The van der Waals surface area contributed by atoms with Gasteiger partial charge in [-0.3, -0.25) is 0 Å². The van der Waals surface area contributed by atoms with Gasteiger partial charge in [0, 0.05) is 10.6 Å². The second-order valence-electron chi connectivity index (χ2n) is 4.55. The van der Waals surface area contributed by atoms with Gasteiger partial charge in [-0.15, -0.1) is 0 Å². The smallest absolute Gasteiger partial charge is 0.269 e. The lowest BCUT2D eigenvalue weighted by atomic mass is 10.1. The first-order valence-corrected chi connectivity index (χ1v) is 6.59. The Morgan fingerprint density at radius 3 is 2.65 bits per heavy atom. The zero-order valence-corrected chi connectivity index (χ0v) is 12.3. The number of nitriles is 1. The van der Waals surface area contributed by atoms with Gasteiger partial charge in [0.25, 0.3) is 5.70 Å². The van der Waals surface area contributed by atoms with Gasteiger partial charge in [-0.1, -0.05) is 35.5 Å². The molecule has 0 amide bonds. The molecule has 2 rings (SSSR count). The number of allylic oxidation sites excluding steroid dienone is 6. The molecular formula is C17H11N5O.